The Morgan fingerprint density at radius 1 is 1.50 bits per heavy atom. The molecule has 1 aliphatic heterocycles. The summed E-state index contributed by atoms with van der Waals surface area (Å²) in [4.78, 5) is 7.08. The summed E-state index contributed by atoms with van der Waals surface area (Å²) in [6.45, 7) is 6.32. The largest absolute Gasteiger partial charge is 0.352 e. The molecule has 0 saturated carbocycles. The molecule has 3 nitrogen and oxygen atoms in total. The number of pyridine rings is 1. The normalized spacial score (nSPS) is 24.3. The summed E-state index contributed by atoms with van der Waals surface area (Å²) in [5, 5.41) is 4.48. The van der Waals surface area contributed by atoms with Crippen molar-refractivity contribution in [3.63, 3.8) is 0 Å². The first kappa shape index (κ1) is 14.0. The predicted octanol–water partition coefficient (Wildman–Crippen LogP) is 2.78. The predicted molar refractivity (Wildman–Crippen MR) is 80.7 cm³/mol. The second kappa shape index (κ2) is 6.13. The van der Waals surface area contributed by atoms with E-state index in [2.05, 4.69) is 24.1 Å². The van der Waals surface area contributed by atoms with Gasteiger partial charge in [-0.2, -0.15) is 11.8 Å². The lowest BCUT2D eigenvalue weighted by Gasteiger charge is -2.38. The third kappa shape index (κ3) is 2.92. The van der Waals surface area contributed by atoms with Gasteiger partial charge in [0.25, 0.3) is 0 Å². The number of anilines is 1. The zero-order chi connectivity index (χ0) is 13.1. The summed E-state index contributed by atoms with van der Waals surface area (Å²) in [6.07, 6.45) is 0. The first-order valence-corrected chi connectivity index (χ1v) is 7.74. The highest BCUT2D eigenvalue weighted by atomic mass is 35.5. The first-order chi connectivity index (χ1) is 8.63. The van der Waals surface area contributed by atoms with E-state index in [0.29, 0.717) is 17.8 Å². The van der Waals surface area contributed by atoms with Crippen LogP contribution in [0.4, 0.5) is 5.82 Å². The minimum atomic E-state index is 0.514. The molecule has 5 heteroatoms. The fourth-order valence-corrected chi connectivity index (χ4v) is 3.45. The first-order valence-electron chi connectivity index (χ1n) is 6.31. The molecule has 0 amide bonds. The molecule has 0 radical (unpaired) electrons. The van der Waals surface area contributed by atoms with E-state index in [4.69, 9.17) is 16.6 Å². The fraction of sp³-hybridized carbons (Fsp3) is 0.615. The van der Waals surface area contributed by atoms with Crippen molar-refractivity contribution in [2.75, 3.05) is 24.2 Å². The number of nitrogens with zero attached hydrogens (tertiary/aromatic N) is 2. The average Bonchev–Trinajstić information content (AvgIpc) is 2.36. The van der Waals surface area contributed by atoms with Crippen LogP contribution in [0.3, 0.4) is 0 Å². The maximum atomic E-state index is 6.15. The lowest BCUT2D eigenvalue weighted by Crippen LogP contribution is -2.45. The molecule has 0 aliphatic carbocycles. The van der Waals surface area contributed by atoms with Gasteiger partial charge >= 0.3 is 0 Å². The van der Waals surface area contributed by atoms with Crippen molar-refractivity contribution in [3.8, 4) is 0 Å². The Morgan fingerprint density at radius 3 is 3.00 bits per heavy atom. The van der Waals surface area contributed by atoms with Gasteiger partial charge in [0.15, 0.2) is 0 Å². The topological polar surface area (TPSA) is 28.2 Å². The van der Waals surface area contributed by atoms with Gasteiger partial charge < -0.3 is 10.2 Å². The molecule has 100 valence electrons. The van der Waals surface area contributed by atoms with Crippen LogP contribution in [0.25, 0.3) is 0 Å². The number of halogens is 1. The molecule has 18 heavy (non-hydrogen) atoms. The molecule has 1 aromatic rings. The number of rotatable bonds is 3. The number of hydrogen-bond acceptors (Lipinski definition) is 4. The molecule has 1 saturated heterocycles. The number of thioether (sulfide) groups is 1. The molecule has 0 spiro atoms. The van der Waals surface area contributed by atoms with Gasteiger partial charge in [0.1, 0.15) is 5.82 Å². The van der Waals surface area contributed by atoms with Gasteiger partial charge in [-0.05, 0) is 26.1 Å². The molecule has 1 aliphatic rings. The zero-order valence-electron chi connectivity index (χ0n) is 11.1. The minimum Gasteiger partial charge on any atom is -0.352 e. The van der Waals surface area contributed by atoms with Crippen molar-refractivity contribution in [1.82, 2.24) is 10.3 Å². The third-order valence-corrected chi connectivity index (χ3v) is 5.11. The number of nitrogens with one attached hydrogen (secondary N) is 1. The molecule has 2 rings (SSSR count). The van der Waals surface area contributed by atoms with Crippen molar-refractivity contribution in [3.05, 3.63) is 22.8 Å². The second-order valence-electron chi connectivity index (χ2n) is 4.64. The van der Waals surface area contributed by atoms with Crippen LogP contribution in [0.2, 0.25) is 5.02 Å². The Bertz CT molecular complexity index is 413. The average molecular weight is 286 g/mol. The second-order valence-corrected chi connectivity index (χ2v) is 6.53. The SMILES string of the molecule is CNCc1nc(N2CCSC(C)C2C)ccc1Cl. The van der Waals surface area contributed by atoms with Crippen molar-refractivity contribution in [2.45, 2.75) is 31.7 Å². The molecular weight excluding hydrogens is 266 g/mol. The monoisotopic (exact) mass is 285 g/mol. The van der Waals surface area contributed by atoms with E-state index >= 15 is 0 Å². The van der Waals surface area contributed by atoms with E-state index in [1.54, 1.807) is 0 Å². The fourth-order valence-electron chi connectivity index (χ4n) is 2.18. The van der Waals surface area contributed by atoms with Crippen LogP contribution in [0.15, 0.2) is 12.1 Å². The van der Waals surface area contributed by atoms with Gasteiger partial charge in [0.05, 0.1) is 10.7 Å². The van der Waals surface area contributed by atoms with Gasteiger partial charge in [-0.3, -0.25) is 0 Å². The Hall–Kier alpha value is -0.450. The summed E-state index contributed by atoms with van der Waals surface area (Å²) in [7, 11) is 1.91. The number of aromatic nitrogens is 1. The maximum Gasteiger partial charge on any atom is 0.129 e. The Labute approximate surface area is 118 Å². The molecule has 2 unspecified atom stereocenters. The summed E-state index contributed by atoms with van der Waals surface area (Å²) in [5.74, 6) is 2.21. The van der Waals surface area contributed by atoms with E-state index in [9.17, 15) is 0 Å². The van der Waals surface area contributed by atoms with E-state index in [-0.39, 0.29) is 0 Å². The standard InChI is InChI=1S/C13H20ClN3S/c1-9-10(2)18-7-6-17(9)13-5-4-11(14)12(16-13)8-15-3/h4-5,9-10,15H,6-8H2,1-3H3. The van der Waals surface area contributed by atoms with Crippen LogP contribution in [0.5, 0.6) is 0 Å². The third-order valence-electron chi connectivity index (χ3n) is 3.43. The quantitative estimate of drug-likeness (QED) is 0.924. The highest BCUT2D eigenvalue weighted by Crippen LogP contribution is 2.29. The highest BCUT2D eigenvalue weighted by molar-refractivity contribution is 8.00. The van der Waals surface area contributed by atoms with Gasteiger partial charge in [0.2, 0.25) is 0 Å². The molecule has 1 N–H and O–H groups in total. The van der Waals surface area contributed by atoms with Crippen LogP contribution in [-0.4, -0.2) is 35.6 Å². The summed E-state index contributed by atoms with van der Waals surface area (Å²) in [6, 6.07) is 4.50. The molecule has 0 aromatic carbocycles. The smallest absolute Gasteiger partial charge is 0.129 e. The van der Waals surface area contributed by atoms with Crippen molar-refractivity contribution in [2.24, 2.45) is 0 Å². The summed E-state index contributed by atoms with van der Waals surface area (Å²) >= 11 is 8.19. The molecule has 2 atom stereocenters. The van der Waals surface area contributed by atoms with Crippen LogP contribution >= 0.6 is 23.4 Å². The molecule has 0 bridgehead atoms. The summed E-state index contributed by atoms with van der Waals surface area (Å²) < 4.78 is 0. The zero-order valence-corrected chi connectivity index (χ0v) is 12.7. The van der Waals surface area contributed by atoms with E-state index in [1.165, 1.54) is 0 Å². The van der Waals surface area contributed by atoms with Gasteiger partial charge in [0, 0.05) is 30.1 Å². The molecule has 1 fully saturated rings. The molecule has 1 aromatic heterocycles. The van der Waals surface area contributed by atoms with Gasteiger partial charge in [-0.25, -0.2) is 4.98 Å². The number of hydrogen-bond donors (Lipinski definition) is 1. The van der Waals surface area contributed by atoms with E-state index in [1.807, 2.05) is 30.9 Å². The Morgan fingerprint density at radius 2 is 2.28 bits per heavy atom. The van der Waals surface area contributed by atoms with Crippen LogP contribution < -0.4 is 10.2 Å². The Kier molecular flexibility index (Phi) is 4.76. The van der Waals surface area contributed by atoms with Crippen molar-refractivity contribution >= 4 is 29.2 Å². The summed E-state index contributed by atoms with van der Waals surface area (Å²) in [5.41, 5.74) is 0.926. The van der Waals surface area contributed by atoms with E-state index < -0.39 is 0 Å². The Balaban J connectivity index is 2.24. The van der Waals surface area contributed by atoms with Crippen molar-refractivity contribution < 1.29 is 0 Å². The highest BCUT2D eigenvalue weighted by Gasteiger charge is 2.26. The van der Waals surface area contributed by atoms with Crippen LogP contribution in [-0.2, 0) is 6.54 Å². The van der Waals surface area contributed by atoms with Gasteiger partial charge in [-0.15, -0.1) is 0 Å². The lowest BCUT2D eigenvalue weighted by atomic mass is 10.2. The van der Waals surface area contributed by atoms with Crippen LogP contribution in [0.1, 0.15) is 19.5 Å². The van der Waals surface area contributed by atoms with Crippen LogP contribution in [0, 0.1) is 0 Å². The van der Waals surface area contributed by atoms with E-state index in [0.717, 1.165) is 28.8 Å². The van der Waals surface area contributed by atoms with Gasteiger partial charge in [-0.1, -0.05) is 18.5 Å². The lowest BCUT2D eigenvalue weighted by molar-refractivity contribution is 0.618. The van der Waals surface area contributed by atoms with Crippen molar-refractivity contribution in [1.29, 1.82) is 0 Å². The molecule has 2 heterocycles. The maximum absolute atomic E-state index is 6.15. The minimum absolute atomic E-state index is 0.514. The molecular formula is C13H20ClN3S.